The second-order valence-electron chi connectivity index (χ2n) is 8.18. The molecule has 0 radical (unpaired) electrons. The average molecular weight is 397 g/mol. The van der Waals surface area contributed by atoms with Crippen LogP contribution in [0.4, 0.5) is 0 Å². The first-order valence-corrected chi connectivity index (χ1v) is 10.9. The number of fused-ring (bicyclic) bond motifs is 1. The topological polar surface area (TPSA) is 87.0 Å². The van der Waals surface area contributed by atoms with Gasteiger partial charge in [0.05, 0.1) is 18.6 Å². The van der Waals surface area contributed by atoms with Gasteiger partial charge < -0.3 is 20.1 Å². The smallest absolute Gasteiger partial charge is 0.306 e. The highest BCUT2D eigenvalue weighted by atomic mass is 16.6. The summed E-state index contributed by atoms with van der Waals surface area (Å²) in [4.78, 5) is 9.93. The van der Waals surface area contributed by atoms with Crippen LogP contribution in [-0.2, 0) is 9.53 Å². The Balaban J connectivity index is 0.000000227. The number of hydrogen-bond donors (Lipinski definition) is 3. The van der Waals surface area contributed by atoms with Crippen molar-refractivity contribution in [3.05, 3.63) is 23.8 Å². The van der Waals surface area contributed by atoms with Crippen molar-refractivity contribution in [3.63, 3.8) is 0 Å². The summed E-state index contributed by atoms with van der Waals surface area (Å²) in [6, 6.07) is 0. The zero-order valence-corrected chi connectivity index (χ0v) is 18.0. The lowest BCUT2D eigenvalue weighted by atomic mass is 9.69. The Morgan fingerprint density at radius 1 is 1.29 bits per heavy atom. The van der Waals surface area contributed by atoms with Crippen LogP contribution in [0.3, 0.4) is 0 Å². The molecule has 0 aromatic heterocycles. The molecule has 1 aliphatic heterocycles. The van der Waals surface area contributed by atoms with Gasteiger partial charge in [0.1, 0.15) is 0 Å². The highest BCUT2D eigenvalue weighted by Gasteiger charge is 2.30. The van der Waals surface area contributed by atoms with Crippen LogP contribution >= 0.6 is 0 Å². The molecule has 5 nitrogen and oxygen atoms in total. The van der Waals surface area contributed by atoms with E-state index in [-0.39, 0.29) is 12.0 Å². The van der Waals surface area contributed by atoms with Crippen LogP contribution in [-0.4, -0.2) is 40.3 Å². The molecule has 2 aliphatic carbocycles. The zero-order chi connectivity index (χ0) is 21.1. The molecule has 28 heavy (non-hydrogen) atoms. The van der Waals surface area contributed by atoms with E-state index >= 15 is 0 Å². The van der Waals surface area contributed by atoms with Gasteiger partial charge in [-0.3, -0.25) is 4.79 Å². The van der Waals surface area contributed by atoms with E-state index in [9.17, 15) is 4.79 Å². The lowest BCUT2D eigenvalue weighted by Crippen LogP contribution is -2.28. The van der Waals surface area contributed by atoms with Gasteiger partial charge in [0.15, 0.2) is 6.29 Å². The Hall–Kier alpha value is -1.17. The largest absolute Gasteiger partial charge is 0.481 e. The molecule has 3 aliphatic rings. The first-order valence-electron chi connectivity index (χ1n) is 10.9. The molecule has 1 fully saturated rings. The minimum atomic E-state index is -0.737. The Labute approximate surface area is 170 Å². The molecule has 6 unspecified atom stereocenters. The van der Waals surface area contributed by atoms with Gasteiger partial charge in [-0.05, 0) is 55.4 Å². The van der Waals surface area contributed by atoms with Gasteiger partial charge in [-0.1, -0.05) is 52.3 Å². The van der Waals surface area contributed by atoms with E-state index in [1.807, 2.05) is 6.92 Å². The molecule has 3 N–H and O–H groups in total. The summed E-state index contributed by atoms with van der Waals surface area (Å²) in [5.41, 5.74) is 1.64. The molecule has 0 spiro atoms. The van der Waals surface area contributed by atoms with Gasteiger partial charge in [-0.25, -0.2) is 0 Å². The predicted octanol–water partition coefficient (Wildman–Crippen LogP) is 4.54. The van der Waals surface area contributed by atoms with E-state index < -0.39 is 12.3 Å². The number of aliphatic carboxylic acids is 1. The van der Waals surface area contributed by atoms with Crippen molar-refractivity contribution in [2.75, 3.05) is 6.61 Å². The highest BCUT2D eigenvalue weighted by Crippen LogP contribution is 2.41. The number of aliphatic hydroxyl groups excluding tert-OH is 2. The molecule has 1 heterocycles. The Morgan fingerprint density at radius 3 is 2.46 bits per heavy atom. The van der Waals surface area contributed by atoms with Crippen molar-refractivity contribution in [3.8, 4) is 0 Å². The van der Waals surface area contributed by atoms with Crippen LogP contribution in [0, 0.1) is 23.7 Å². The summed E-state index contributed by atoms with van der Waals surface area (Å²) in [7, 11) is 0. The summed E-state index contributed by atoms with van der Waals surface area (Å²) >= 11 is 0. The molecule has 6 atom stereocenters. The lowest BCUT2D eigenvalue weighted by molar-refractivity contribution is -0.152. The molecule has 0 aromatic carbocycles. The van der Waals surface area contributed by atoms with Gasteiger partial charge in [-0.15, -0.1) is 0 Å². The third-order valence-corrected chi connectivity index (χ3v) is 6.05. The van der Waals surface area contributed by atoms with E-state index in [2.05, 4.69) is 32.1 Å². The number of hydrogen-bond acceptors (Lipinski definition) is 4. The van der Waals surface area contributed by atoms with Crippen molar-refractivity contribution < 1.29 is 24.9 Å². The second-order valence-corrected chi connectivity index (χ2v) is 8.18. The fourth-order valence-corrected chi connectivity index (χ4v) is 3.94. The maximum Gasteiger partial charge on any atom is 0.306 e. The molecule has 0 bridgehead atoms. The minimum absolute atomic E-state index is 0.181. The second kappa shape index (κ2) is 13.1. The quantitative estimate of drug-likeness (QED) is 0.652. The molecule has 0 saturated carbocycles. The van der Waals surface area contributed by atoms with Crippen LogP contribution in [0.1, 0.15) is 72.6 Å². The van der Waals surface area contributed by atoms with Gasteiger partial charge in [-0.2, -0.15) is 0 Å². The average Bonchev–Trinajstić information content (AvgIpc) is 2.68. The molecular formula is C23H40O5. The normalized spacial score (nSPS) is 32.5. The number of ether oxygens (including phenoxy) is 1. The van der Waals surface area contributed by atoms with Crippen molar-refractivity contribution in [2.24, 2.45) is 23.7 Å². The van der Waals surface area contributed by atoms with Gasteiger partial charge in [0.2, 0.25) is 0 Å². The zero-order valence-electron chi connectivity index (χ0n) is 18.0. The van der Waals surface area contributed by atoms with Crippen molar-refractivity contribution in [2.45, 2.75) is 85.0 Å². The fraction of sp³-hybridized carbons (Fsp3) is 0.783. The van der Waals surface area contributed by atoms with Crippen LogP contribution in [0.25, 0.3) is 0 Å². The van der Waals surface area contributed by atoms with E-state index in [0.717, 1.165) is 24.2 Å². The number of aliphatic hydroxyl groups is 2. The minimum Gasteiger partial charge on any atom is -0.481 e. The van der Waals surface area contributed by atoms with Crippen molar-refractivity contribution in [1.29, 1.82) is 0 Å². The predicted molar refractivity (Wildman–Crippen MR) is 112 cm³/mol. The molecular weight excluding hydrogens is 356 g/mol. The molecule has 0 amide bonds. The van der Waals surface area contributed by atoms with Gasteiger partial charge in [0, 0.05) is 6.42 Å². The van der Waals surface area contributed by atoms with E-state index in [0.29, 0.717) is 19.4 Å². The number of carboxylic acids is 1. The molecule has 1 saturated heterocycles. The third kappa shape index (κ3) is 8.46. The van der Waals surface area contributed by atoms with Crippen LogP contribution in [0.5, 0.6) is 0 Å². The first kappa shape index (κ1) is 24.9. The first-order chi connectivity index (χ1) is 13.3. The SMILES string of the molecule is CCC(C)C(=O)O.CCC1C(C)C=CC2=CCCCC21.OC1CCOC(O)C1. The summed E-state index contributed by atoms with van der Waals surface area (Å²) in [6.45, 7) is 8.74. The summed E-state index contributed by atoms with van der Waals surface area (Å²) < 4.78 is 4.74. The monoisotopic (exact) mass is 396 g/mol. The lowest BCUT2D eigenvalue weighted by Gasteiger charge is -2.36. The summed E-state index contributed by atoms with van der Waals surface area (Å²) in [5, 5.41) is 25.7. The molecule has 5 heteroatoms. The fourth-order valence-electron chi connectivity index (χ4n) is 3.94. The number of carboxylic acid groups (broad SMARTS) is 1. The van der Waals surface area contributed by atoms with E-state index in [1.165, 1.54) is 25.7 Å². The van der Waals surface area contributed by atoms with Gasteiger partial charge >= 0.3 is 5.97 Å². The molecule has 0 aromatic rings. The Morgan fingerprint density at radius 2 is 2.00 bits per heavy atom. The Bertz CT molecular complexity index is 505. The maximum atomic E-state index is 9.93. The van der Waals surface area contributed by atoms with Crippen LogP contribution < -0.4 is 0 Å². The van der Waals surface area contributed by atoms with Crippen molar-refractivity contribution >= 4 is 5.97 Å². The number of carbonyl (C=O) groups is 1. The van der Waals surface area contributed by atoms with Gasteiger partial charge in [0.25, 0.3) is 0 Å². The van der Waals surface area contributed by atoms with Crippen molar-refractivity contribution in [1.82, 2.24) is 0 Å². The standard InChI is InChI=1S/C13H20.C5H10O3.C5H10O2/c1-3-12-10(2)8-9-11-6-4-5-7-13(11)12;6-4-1-2-8-5(7)3-4;1-3-4(2)5(6)7/h6,8-10,12-13H,3-5,7H2,1-2H3;4-7H,1-3H2;4H,3H2,1-2H3,(H,6,7). The summed E-state index contributed by atoms with van der Waals surface area (Å²) in [6.07, 6.45) is 13.4. The third-order valence-electron chi connectivity index (χ3n) is 6.05. The Kier molecular flexibility index (Phi) is 11.7. The summed E-state index contributed by atoms with van der Waals surface area (Å²) in [5.74, 6) is 1.71. The van der Waals surface area contributed by atoms with E-state index in [1.54, 1.807) is 12.5 Å². The molecule has 162 valence electrons. The van der Waals surface area contributed by atoms with E-state index in [4.69, 9.17) is 20.1 Å². The number of allylic oxidation sites excluding steroid dienone is 4. The van der Waals surface area contributed by atoms with Crippen LogP contribution in [0.15, 0.2) is 23.8 Å². The molecule has 3 rings (SSSR count). The highest BCUT2D eigenvalue weighted by molar-refractivity contribution is 5.69. The van der Waals surface area contributed by atoms with Crippen LogP contribution in [0.2, 0.25) is 0 Å². The maximum absolute atomic E-state index is 9.93. The number of rotatable bonds is 3.